The molecule has 0 aromatic rings. The van der Waals surface area contributed by atoms with E-state index >= 15 is 0 Å². The third kappa shape index (κ3) is 3.03. The van der Waals surface area contributed by atoms with Crippen LogP contribution in [0.25, 0.3) is 0 Å². The quantitative estimate of drug-likeness (QED) is 0.778. The summed E-state index contributed by atoms with van der Waals surface area (Å²) < 4.78 is 0. The Hall–Kier alpha value is -0.0800. The lowest BCUT2D eigenvalue weighted by molar-refractivity contribution is -0.0147. The molecule has 0 radical (unpaired) electrons. The van der Waals surface area contributed by atoms with Gasteiger partial charge in [0.1, 0.15) is 0 Å². The topological polar surface area (TPSA) is 40.5 Å². The molecule has 4 unspecified atom stereocenters. The Morgan fingerprint density at radius 2 is 1.18 bits per heavy atom. The first kappa shape index (κ1) is 13.4. The van der Waals surface area contributed by atoms with Crippen LogP contribution in [0, 0.1) is 17.3 Å². The Bertz CT molecular complexity index is 225. The molecule has 2 aliphatic carbocycles. The van der Waals surface area contributed by atoms with E-state index in [9.17, 15) is 10.2 Å². The van der Waals surface area contributed by atoms with Gasteiger partial charge in [-0.25, -0.2) is 0 Å². The minimum atomic E-state index is -0.0819. The lowest BCUT2D eigenvalue weighted by Crippen LogP contribution is -2.39. The van der Waals surface area contributed by atoms with Crippen LogP contribution in [0.5, 0.6) is 0 Å². The van der Waals surface area contributed by atoms with Crippen molar-refractivity contribution in [2.24, 2.45) is 17.3 Å². The van der Waals surface area contributed by atoms with E-state index in [1.54, 1.807) is 0 Å². The number of aliphatic hydroxyl groups is 2. The van der Waals surface area contributed by atoms with Crippen LogP contribution in [-0.4, -0.2) is 22.4 Å². The van der Waals surface area contributed by atoms with E-state index in [0.717, 1.165) is 25.7 Å². The molecular formula is C15H28O2. The van der Waals surface area contributed by atoms with Crippen LogP contribution in [0.2, 0.25) is 0 Å². The molecule has 2 saturated carbocycles. The molecule has 0 heterocycles. The van der Waals surface area contributed by atoms with Gasteiger partial charge in [0.15, 0.2) is 0 Å². The number of aliphatic hydroxyl groups excluding tert-OH is 2. The summed E-state index contributed by atoms with van der Waals surface area (Å²) in [5.41, 5.74) is 0.281. The van der Waals surface area contributed by atoms with E-state index in [1.807, 2.05) is 0 Å². The fourth-order valence-electron chi connectivity index (χ4n) is 4.01. The number of rotatable bonds is 2. The van der Waals surface area contributed by atoms with Crippen LogP contribution in [0.3, 0.4) is 0 Å². The average Bonchev–Trinajstić information content (AvgIpc) is 2.29. The molecule has 4 atom stereocenters. The molecular weight excluding hydrogens is 212 g/mol. The van der Waals surface area contributed by atoms with Crippen LogP contribution in [0.15, 0.2) is 0 Å². The van der Waals surface area contributed by atoms with Crippen molar-refractivity contribution >= 4 is 0 Å². The molecule has 2 heteroatoms. The minimum absolute atomic E-state index is 0.0819. The normalized spacial score (nSPS) is 40.2. The molecule has 0 aliphatic heterocycles. The molecule has 2 fully saturated rings. The summed E-state index contributed by atoms with van der Waals surface area (Å²) in [4.78, 5) is 0. The van der Waals surface area contributed by atoms with Crippen molar-refractivity contribution in [3.05, 3.63) is 0 Å². The first-order chi connectivity index (χ1) is 8.00. The van der Waals surface area contributed by atoms with Crippen LogP contribution < -0.4 is 0 Å². The predicted molar refractivity (Wildman–Crippen MR) is 69.7 cm³/mol. The maximum Gasteiger partial charge on any atom is 0.0543 e. The highest BCUT2D eigenvalue weighted by Gasteiger charge is 2.40. The molecule has 2 nitrogen and oxygen atoms in total. The lowest BCUT2D eigenvalue weighted by Gasteiger charge is -2.46. The minimum Gasteiger partial charge on any atom is -0.393 e. The Balaban J connectivity index is 2.00. The highest BCUT2D eigenvalue weighted by molar-refractivity contribution is 4.91. The predicted octanol–water partition coefficient (Wildman–Crippen LogP) is 3.11. The first-order valence-corrected chi connectivity index (χ1v) is 7.36. The summed E-state index contributed by atoms with van der Waals surface area (Å²) in [6, 6.07) is 0. The Morgan fingerprint density at radius 1 is 0.765 bits per heavy atom. The molecule has 2 N–H and O–H groups in total. The van der Waals surface area contributed by atoms with E-state index in [-0.39, 0.29) is 17.6 Å². The molecule has 17 heavy (non-hydrogen) atoms. The summed E-state index contributed by atoms with van der Waals surface area (Å²) in [5.74, 6) is 1.28. The molecule has 0 aromatic carbocycles. The number of hydrogen-bond acceptors (Lipinski definition) is 2. The Labute approximate surface area is 105 Å². The van der Waals surface area contributed by atoms with Gasteiger partial charge in [-0.3, -0.25) is 0 Å². The second kappa shape index (κ2) is 5.27. The SMILES string of the molecule is CC(C)(C1CCCC(O)C1)C1CCCC(O)C1. The molecule has 0 spiro atoms. The van der Waals surface area contributed by atoms with Crippen LogP contribution >= 0.6 is 0 Å². The van der Waals surface area contributed by atoms with Gasteiger partial charge >= 0.3 is 0 Å². The van der Waals surface area contributed by atoms with Gasteiger partial charge in [0, 0.05) is 0 Å². The van der Waals surface area contributed by atoms with Crippen LogP contribution in [-0.2, 0) is 0 Å². The van der Waals surface area contributed by atoms with Crippen molar-refractivity contribution in [1.82, 2.24) is 0 Å². The highest BCUT2D eigenvalue weighted by Crippen LogP contribution is 2.48. The average molecular weight is 240 g/mol. The molecule has 0 bridgehead atoms. The zero-order valence-corrected chi connectivity index (χ0v) is 11.4. The zero-order valence-electron chi connectivity index (χ0n) is 11.4. The zero-order chi connectivity index (χ0) is 12.5. The summed E-state index contributed by atoms with van der Waals surface area (Å²) in [5, 5.41) is 19.7. The standard InChI is InChI=1S/C15H28O2/c1-15(2,11-5-3-7-13(16)9-11)12-6-4-8-14(17)10-12/h11-14,16-17H,3-10H2,1-2H3. The van der Waals surface area contributed by atoms with E-state index in [4.69, 9.17) is 0 Å². The van der Waals surface area contributed by atoms with Crippen molar-refractivity contribution in [1.29, 1.82) is 0 Å². The largest absolute Gasteiger partial charge is 0.393 e. The van der Waals surface area contributed by atoms with E-state index in [2.05, 4.69) is 13.8 Å². The van der Waals surface area contributed by atoms with Crippen LogP contribution in [0.1, 0.15) is 65.2 Å². The van der Waals surface area contributed by atoms with Crippen molar-refractivity contribution < 1.29 is 10.2 Å². The van der Waals surface area contributed by atoms with E-state index in [1.165, 1.54) is 25.7 Å². The second-order valence-electron chi connectivity index (χ2n) is 6.86. The van der Waals surface area contributed by atoms with Gasteiger partial charge in [0.25, 0.3) is 0 Å². The van der Waals surface area contributed by atoms with Gasteiger partial charge in [-0.05, 0) is 55.8 Å². The highest BCUT2D eigenvalue weighted by atomic mass is 16.3. The Kier molecular flexibility index (Phi) is 4.14. The molecule has 100 valence electrons. The van der Waals surface area contributed by atoms with Crippen molar-refractivity contribution in [3.63, 3.8) is 0 Å². The fourth-order valence-corrected chi connectivity index (χ4v) is 4.01. The molecule has 2 aliphatic rings. The van der Waals surface area contributed by atoms with Gasteiger partial charge in [-0.15, -0.1) is 0 Å². The van der Waals surface area contributed by atoms with Crippen molar-refractivity contribution in [2.75, 3.05) is 0 Å². The Morgan fingerprint density at radius 3 is 1.53 bits per heavy atom. The fraction of sp³-hybridized carbons (Fsp3) is 1.00. The molecule has 0 saturated heterocycles. The maximum absolute atomic E-state index is 9.84. The summed E-state index contributed by atoms with van der Waals surface area (Å²) >= 11 is 0. The third-order valence-electron chi connectivity index (χ3n) is 5.40. The molecule has 0 aromatic heterocycles. The maximum atomic E-state index is 9.84. The number of hydrogen-bond donors (Lipinski definition) is 2. The first-order valence-electron chi connectivity index (χ1n) is 7.36. The van der Waals surface area contributed by atoms with E-state index < -0.39 is 0 Å². The van der Waals surface area contributed by atoms with Gasteiger partial charge in [-0.2, -0.15) is 0 Å². The van der Waals surface area contributed by atoms with Crippen molar-refractivity contribution in [3.8, 4) is 0 Å². The van der Waals surface area contributed by atoms with Crippen LogP contribution in [0.4, 0.5) is 0 Å². The summed E-state index contributed by atoms with van der Waals surface area (Å²) in [7, 11) is 0. The van der Waals surface area contributed by atoms with Gasteiger partial charge in [-0.1, -0.05) is 26.7 Å². The van der Waals surface area contributed by atoms with Crippen molar-refractivity contribution in [2.45, 2.75) is 77.4 Å². The second-order valence-corrected chi connectivity index (χ2v) is 6.86. The van der Waals surface area contributed by atoms with Gasteiger partial charge in [0.05, 0.1) is 12.2 Å². The smallest absolute Gasteiger partial charge is 0.0543 e. The molecule has 2 rings (SSSR count). The third-order valence-corrected chi connectivity index (χ3v) is 5.40. The van der Waals surface area contributed by atoms with Gasteiger partial charge < -0.3 is 10.2 Å². The monoisotopic (exact) mass is 240 g/mol. The van der Waals surface area contributed by atoms with E-state index in [0.29, 0.717) is 11.8 Å². The lowest BCUT2D eigenvalue weighted by atomic mass is 9.60. The summed E-state index contributed by atoms with van der Waals surface area (Å²) in [6.07, 6.45) is 8.62. The summed E-state index contributed by atoms with van der Waals surface area (Å²) in [6.45, 7) is 4.72. The van der Waals surface area contributed by atoms with Gasteiger partial charge in [0.2, 0.25) is 0 Å². The molecule has 0 amide bonds.